The minimum atomic E-state index is -0.125. The molecule has 3 rings (SSSR count). The third-order valence-corrected chi connectivity index (χ3v) is 6.03. The van der Waals surface area contributed by atoms with Gasteiger partial charge in [-0.1, -0.05) is 36.8 Å². The van der Waals surface area contributed by atoms with Crippen molar-refractivity contribution in [3.63, 3.8) is 0 Å². The molecule has 3 unspecified atom stereocenters. The Labute approximate surface area is 174 Å². The van der Waals surface area contributed by atoms with Crippen LogP contribution in [0.1, 0.15) is 64.0 Å². The largest absolute Gasteiger partial charge is 0.354 e. The molecule has 6 heteroatoms. The summed E-state index contributed by atoms with van der Waals surface area (Å²) in [6.45, 7) is 6.72. The number of amides is 3. The van der Waals surface area contributed by atoms with Crippen molar-refractivity contribution in [3.8, 4) is 0 Å². The van der Waals surface area contributed by atoms with Crippen molar-refractivity contribution in [2.24, 2.45) is 5.92 Å². The second-order valence-corrected chi connectivity index (χ2v) is 8.75. The Balaban J connectivity index is 1.50. The summed E-state index contributed by atoms with van der Waals surface area (Å²) >= 11 is 0. The highest BCUT2D eigenvalue weighted by atomic mass is 16.2. The lowest BCUT2D eigenvalue weighted by Gasteiger charge is -2.31. The van der Waals surface area contributed by atoms with E-state index in [9.17, 15) is 9.59 Å². The van der Waals surface area contributed by atoms with Gasteiger partial charge < -0.3 is 16.0 Å². The van der Waals surface area contributed by atoms with Gasteiger partial charge >= 0.3 is 6.03 Å². The van der Waals surface area contributed by atoms with Crippen molar-refractivity contribution in [1.82, 2.24) is 20.9 Å². The molecule has 160 valence electrons. The summed E-state index contributed by atoms with van der Waals surface area (Å²) < 4.78 is 0. The number of nitrogens with zero attached hydrogens (tertiary/aromatic N) is 1. The summed E-state index contributed by atoms with van der Waals surface area (Å²) in [4.78, 5) is 27.3. The van der Waals surface area contributed by atoms with Crippen LogP contribution < -0.4 is 16.0 Å². The van der Waals surface area contributed by atoms with E-state index >= 15 is 0 Å². The Bertz CT molecular complexity index is 658. The number of nitrogens with one attached hydrogen (secondary N) is 3. The number of hydrogen-bond acceptors (Lipinski definition) is 3. The molecule has 3 N–H and O–H groups in total. The fourth-order valence-corrected chi connectivity index (χ4v) is 4.57. The highest BCUT2D eigenvalue weighted by Gasteiger charge is 2.29. The molecule has 1 aliphatic heterocycles. The molecule has 1 aliphatic carbocycles. The van der Waals surface area contributed by atoms with E-state index in [2.05, 4.69) is 45.1 Å². The van der Waals surface area contributed by atoms with Crippen LogP contribution in [0.3, 0.4) is 0 Å². The number of carbonyl (C=O) groups excluding carboxylic acids is 2. The Hall–Kier alpha value is -2.08. The topological polar surface area (TPSA) is 73.5 Å². The van der Waals surface area contributed by atoms with Gasteiger partial charge in [0.2, 0.25) is 5.91 Å². The first kappa shape index (κ1) is 21.6. The number of benzene rings is 1. The lowest BCUT2D eigenvalue weighted by molar-refractivity contribution is -0.126. The Morgan fingerprint density at radius 2 is 1.79 bits per heavy atom. The minimum Gasteiger partial charge on any atom is -0.354 e. The molecule has 1 heterocycles. The maximum absolute atomic E-state index is 12.6. The van der Waals surface area contributed by atoms with Crippen LogP contribution in [0.4, 0.5) is 4.79 Å². The summed E-state index contributed by atoms with van der Waals surface area (Å²) in [5.41, 5.74) is 1.25. The number of carbonyl (C=O) groups is 2. The molecule has 0 radical (unpaired) electrons. The van der Waals surface area contributed by atoms with E-state index in [1.165, 1.54) is 18.4 Å². The van der Waals surface area contributed by atoms with E-state index in [-0.39, 0.29) is 36.0 Å². The van der Waals surface area contributed by atoms with E-state index in [1.807, 2.05) is 19.9 Å². The van der Waals surface area contributed by atoms with Crippen LogP contribution in [-0.4, -0.2) is 48.6 Å². The van der Waals surface area contributed by atoms with Gasteiger partial charge in [-0.15, -0.1) is 0 Å². The van der Waals surface area contributed by atoms with Crippen molar-refractivity contribution in [3.05, 3.63) is 35.9 Å². The maximum Gasteiger partial charge on any atom is 0.315 e. The van der Waals surface area contributed by atoms with Crippen molar-refractivity contribution >= 4 is 11.9 Å². The molecule has 3 amide bonds. The fraction of sp³-hybridized carbons (Fsp3) is 0.652. The van der Waals surface area contributed by atoms with Crippen LogP contribution in [0.5, 0.6) is 0 Å². The highest BCUT2D eigenvalue weighted by Crippen LogP contribution is 2.26. The quantitative estimate of drug-likeness (QED) is 0.658. The molecular weight excluding hydrogens is 364 g/mol. The molecule has 1 saturated carbocycles. The number of hydrogen-bond donors (Lipinski definition) is 3. The minimum absolute atomic E-state index is 0.00174. The lowest BCUT2D eigenvalue weighted by Crippen LogP contribution is -2.48. The molecule has 0 aromatic heterocycles. The predicted octanol–water partition coefficient (Wildman–Crippen LogP) is 3.21. The molecule has 1 saturated heterocycles. The monoisotopic (exact) mass is 400 g/mol. The summed E-state index contributed by atoms with van der Waals surface area (Å²) in [7, 11) is 0. The fourth-order valence-electron chi connectivity index (χ4n) is 4.57. The first-order chi connectivity index (χ1) is 14.0. The van der Waals surface area contributed by atoms with E-state index in [1.54, 1.807) is 0 Å². The summed E-state index contributed by atoms with van der Waals surface area (Å²) in [6, 6.07) is 10.7. The molecule has 3 atom stereocenters. The molecule has 1 aromatic carbocycles. The first-order valence-corrected chi connectivity index (χ1v) is 11.2. The van der Waals surface area contributed by atoms with Crippen molar-refractivity contribution in [2.75, 3.05) is 19.6 Å². The SMILES string of the molecule is CC(C)NC(=O)C1CCCC(NC(=O)NCC(c2ccccc2)N2CCCC2)C1. The van der Waals surface area contributed by atoms with Gasteiger partial charge in [0.1, 0.15) is 0 Å². The Morgan fingerprint density at radius 3 is 2.48 bits per heavy atom. The van der Waals surface area contributed by atoms with Gasteiger partial charge in [-0.3, -0.25) is 9.69 Å². The van der Waals surface area contributed by atoms with Crippen LogP contribution in [0, 0.1) is 5.92 Å². The van der Waals surface area contributed by atoms with Gasteiger partial charge in [0.15, 0.2) is 0 Å². The third kappa shape index (κ3) is 6.46. The first-order valence-electron chi connectivity index (χ1n) is 11.2. The number of urea groups is 1. The molecule has 1 aromatic rings. The van der Waals surface area contributed by atoms with Gasteiger partial charge in [0, 0.05) is 24.5 Å². The van der Waals surface area contributed by atoms with Crippen LogP contribution >= 0.6 is 0 Å². The van der Waals surface area contributed by atoms with E-state index in [0.29, 0.717) is 6.54 Å². The third-order valence-electron chi connectivity index (χ3n) is 6.03. The second kappa shape index (κ2) is 10.6. The highest BCUT2D eigenvalue weighted by molar-refractivity contribution is 5.79. The van der Waals surface area contributed by atoms with Crippen molar-refractivity contribution < 1.29 is 9.59 Å². The maximum atomic E-state index is 12.6. The summed E-state index contributed by atoms with van der Waals surface area (Å²) in [5.74, 6) is 0.114. The lowest BCUT2D eigenvalue weighted by atomic mass is 9.85. The number of rotatable bonds is 7. The zero-order valence-corrected chi connectivity index (χ0v) is 17.8. The van der Waals surface area contributed by atoms with Crippen molar-refractivity contribution in [2.45, 2.75) is 70.5 Å². The number of likely N-dealkylation sites (tertiary alicyclic amines) is 1. The standard InChI is InChI=1S/C23H36N4O2/c1-17(2)25-22(28)19-11-8-12-20(15-19)26-23(29)24-16-21(27-13-6-7-14-27)18-9-4-3-5-10-18/h3-5,9-10,17,19-21H,6-8,11-16H2,1-2H3,(H,25,28)(H2,24,26,29). The van der Waals surface area contributed by atoms with E-state index in [4.69, 9.17) is 0 Å². The molecule has 0 spiro atoms. The molecule has 2 aliphatic rings. The van der Waals surface area contributed by atoms with Crippen LogP contribution in [-0.2, 0) is 4.79 Å². The average molecular weight is 401 g/mol. The smallest absolute Gasteiger partial charge is 0.315 e. The molecule has 29 heavy (non-hydrogen) atoms. The van der Waals surface area contributed by atoms with Crippen LogP contribution in [0.25, 0.3) is 0 Å². The molecule has 0 bridgehead atoms. The van der Waals surface area contributed by atoms with Gasteiger partial charge in [0.05, 0.1) is 6.04 Å². The zero-order chi connectivity index (χ0) is 20.6. The van der Waals surface area contributed by atoms with Gasteiger partial charge in [-0.05, 0) is 64.6 Å². The normalized spacial score (nSPS) is 23.6. The molecule has 2 fully saturated rings. The van der Waals surface area contributed by atoms with Gasteiger partial charge in [-0.2, -0.15) is 0 Å². The molecule has 6 nitrogen and oxygen atoms in total. The van der Waals surface area contributed by atoms with E-state index in [0.717, 1.165) is 38.8 Å². The van der Waals surface area contributed by atoms with Crippen LogP contribution in [0.2, 0.25) is 0 Å². The van der Waals surface area contributed by atoms with Crippen molar-refractivity contribution in [1.29, 1.82) is 0 Å². The predicted molar refractivity (Wildman–Crippen MR) is 116 cm³/mol. The second-order valence-electron chi connectivity index (χ2n) is 8.75. The Kier molecular flexibility index (Phi) is 7.92. The Morgan fingerprint density at radius 1 is 1.07 bits per heavy atom. The van der Waals surface area contributed by atoms with Gasteiger partial charge in [-0.25, -0.2) is 4.79 Å². The molecular formula is C23H36N4O2. The van der Waals surface area contributed by atoms with Gasteiger partial charge in [0.25, 0.3) is 0 Å². The summed E-state index contributed by atoms with van der Waals surface area (Å²) in [6.07, 6.45) is 5.98. The summed E-state index contributed by atoms with van der Waals surface area (Å²) in [5, 5.41) is 9.20. The average Bonchev–Trinajstić information content (AvgIpc) is 3.23. The zero-order valence-electron chi connectivity index (χ0n) is 17.8. The van der Waals surface area contributed by atoms with Crippen LogP contribution in [0.15, 0.2) is 30.3 Å². The van der Waals surface area contributed by atoms with E-state index < -0.39 is 0 Å².